The summed E-state index contributed by atoms with van der Waals surface area (Å²) in [7, 11) is 0. The molecular formula is C11H12ClN3O3. The second-order valence-electron chi connectivity index (χ2n) is 4.28. The quantitative estimate of drug-likeness (QED) is 0.869. The summed E-state index contributed by atoms with van der Waals surface area (Å²) in [5.41, 5.74) is 0. The number of aliphatic carboxylic acids is 1. The normalized spacial score (nSPS) is 22.7. The van der Waals surface area contributed by atoms with Gasteiger partial charge >= 0.3 is 5.97 Å². The number of carbonyl (C=O) groups excluding carboxylic acids is 1. The SMILES string of the molecule is O=C(O)C1CCC(C(=O)Nc2ccc(Cl)nn2)C1. The van der Waals surface area contributed by atoms with E-state index in [1.54, 1.807) is 6.07 Å². The number of carbonyl (C=O) groups is 2. The number of anilines is 1. The van der Waals surface area contributed by atoms with Crippen LogP contribution in [0.3, 0.4) is 0 Å². The Hall–Kier alpha value is -1.69. The molecule has 1 saturated carbocycles. The summed E-state index contributed by atoms with van der Waals surface area (Å²) >= 11 is 5.58. The molecule has 2 atom stereocenters. The molecule has 1 heterocycles. The average molecular weight is 270 g/mol. The summed E-state index contributed by atoms with van der Waals surface area (Å²) in [5.74, 6) is -1.42. The van der Waals surface area contributed by atoms with Crippen LogP contribution < -0.4 is 5.32 Å². The van der Waals surface area contributed by atoms with Crippen LogP contribution in [0.15, 0.2) is 12.1 Å². The Bertz CT molecular complexity index is 463. The van der Waals surface area contributed by atoms with Gasteiger partial charge in [-0.1, -0.05) is 11.6 Å². The van der Waals surface area contributed by atoms with Crippen LogP contribution in [-0.2, 0) is 9.59 Å². The summed E-state index contributed by atoms with van der Waals surface area (Å²) < 4.78 is 0. The van der Waals surface area contributed by atoms with Gasteiger partial charge in [-0.3, -0.25) is 9.59 Å². The van der Waals surface area contributed by atoms with E-state index in [4.69, 9.17) is 16.7 Å². The lowest BCUT2D eigenvalue weighted by Gasteiger charge is -2.09. The molecule has 1 aliphatic rings. The van der Waals surface area contributed by atoms with Crippen molar-refractivity contribution in [3.05, 3.63) is 17.3 Å². The molecular weight excluding hydrogens is 258 g/mol. The third-order valence-corrected chi connectivity index (χ3v) is 3.24. The zero-order chi connectivity index (χ0) is 13.1. The largest absolute Gasteiger partial charge is 0.481 e. The first-order chi connectivity index (χ1) is 8.56. The lowest BCUT2D eigenvalue weighted by molar-refractivity contribution is -0.141. The Morgan fingerprint density at radius 2 is 2.00 bits per heavy atom. The highest BCUT2D eigenvalue weighted by Crippen LogP contribution is 2.31. The second kappa shape index (κ2) is 5.30. The van der Waals surface area contributed by atoms with E-state index in [1.165, 1.54) is 6.07 Å². The Balaban J connectivity index is 1.93. The van der Waals surface area contributed by atoms with Crippen LogP contribution in [0.25, 0.3) is 0 Å². The van der Waals surface area contributed by atoms with Crippen molar-refractivity contribution in [2.45, 2.75) is 19.3 Å². The van der Waals surface area contributed by atoms with Crippen LogP contribution in [0.2, 0.25) is 5.15 Å². The van der Waals surface area contributed by atoms with Gasteiger partial charge in [-0.25, -0.2) is 0 Å². The van der Waals surface area contributed by atoms with Gasteiger partial charge in [0.2, 0.25) is 5.91 Å². The molecule has 1 aromatic rings. The van der Waals surface area contributed by atoms with E-state index < -0.39 is 11.9 Å². The van der Waals surface area contributed by atoms with E-state index in [1.807, 2.05) is 0 Å². The summed E-state index contributed by atoms with van der Waals surface area (Å²) in [6.45, 7) is 0. The van der Waals surface area contributed by atoms with E-state index in [0.29, 0.717) is 25.1 Å². The van der Waals surface area contributed by atoms with Crippen LogP contribution >= 0.6 is 11.6 Å². The summed E-state index contributed by atoms with van der Waals surface area (Å²) in [6.07, 6.45) is 1.51. The van der Waals surface area contributed by atoms with Crippen molar-refractivity contribution in [3.63, 3.8) is 0 Å². The lowest BCUT2D eigenvalue weighted by atomic mass is 10.0. The van der Waals surface area contributed by atoms with Crippen molar-refractivity contribution in [2.24, 2.45) is 11.8 Å². The maximum atomic E-state index is 11.9. The fourth-order valence-electron chi connectivity index (χ4n) is 2.05. The average Bonchev–Trinajstić information content (AvgIpc) is 2.81. The molecule has 1 amide bonds. The maximum Gasteiger partial charge on any atom is 0.306 e. The molecule has 1 fully saturated rings. The Morgan fingerprint density at radius 1 is 1.28 bits per heavy atom. The monoisotopic (exact) mass is 269 g/mol. The Labute approximate surface area is 108 Å². The van der Waals surface area contributed by atoms with Crippen molar-refractivity contribution in [1.82, 2.24) is 10.2 Å². The molecule has 1 aromatic heterocycles. The van der Waals surface area contributed by atoms with Gasteiger partial charge in [0.05, 0.1) is 5.92 Å². The molecule has 0 aromatic carbocycles. The summed E-state index contributed by atoms with van der Waals surface area (Å²) in [4.78, 5) is 22.7. The minimum Gasteiger partial charge on any atom is -0.481 e. The minimum atomic E-state index is -0.836. The number of hydrogen-bond donors (Lipinski definition) is 2. The van der Waals surface area contributed by atoms with E-state index in [9.17, 15) is 9.59 Å². The molecule has 6 nitrogen and oxygen atoms in total. The Kier molecular flexibility index (Phi) is 3.76. The first-order valence-electron chi connectivity index (χ1n) is 5.59. The number of carboxylic acids is 1. The summed E-state index contributed by atoms with van der Waals surface area (Å²) in [5, 5.41) is 19.0. The smallest absolute Gasteiger partial charge is 0.306 e. The van der Waals surface area contributed by atoms with Crippen molar-refractivity contribution < 1.29 is 14.7 Å². The van der Waals surface area contributed by atoms with E-state index >= 15 is 0 Å². The predicted octanol–water partition coefficient (Wildman–Crippen LogP) is 1.57. The molecule has 0 aliphatic heterocycles. The molecule has 0 radical (unpaired) electrons. The molecule has 2 rings (SSSR count). The minimum absolute atomic E-state index is 0.213. The van der Waals surface area contributed by atoms with Gasteiger partial charge in [0.1, 0.15) is 0 Å². The van der Waals surface area contributed by atoms with Crippen LogP contribution in [0.5, 0.6) is 0 Å². The molecule has 96 valence electrons. The molecule has 2 unspecified atom stereocenters. The second-order valence-corrected chi connectivity index (χ2v) is 4.66. The maximum absolute atomic E-state index is 11.9. The molecule has 18 heavy (non-hydrogen) atoms. The van der Waals surface area contributed by atoms with Crippen molar-refractivity contribution in [3.8, 4) is 0 Å². The summed E-state index contributed by atoms with van der Waals surface area (Å²) in [6, 6.07) is 3.08. The Morgan fingerprint density at radius 3 is 2.56 bits per heavy atom. The highest BCUT2D eigenvalue weighted by Gasteiger charge is 2.33. The van der Waals surface area contributed by atoms with Gasteiger partial charge < -0.3 is 10.4 Å². The van der Waals surface area contributed by atoms with Crippen LogP contribution in [0.1, 0.15) is 19.3 Å². The molecule has 7 heteroatoms. The number of nitrogens with one attached hydrogen (secondary N) is 1. The molecule has 0 bridgehead atoms. The zero-order valence-electron chi connectivity index (χ0n) is 9.47. The van der Waals surface area contributed by atoms with E-state index in [2.05, 4.69) is 15.5 Å². The van der Waals surface area contributed by atoms with E-state index in [-0.39, 0.29) is 17.0 Å². The lowest BCUT2D eigenvalue weighted by Crippen LogP contribution is -2.22. The standard InChI is InChI=1S/C11H12ClN3O3/c12-8-3-4-9(15-14-8)13-10(16)6-1-2-7(5-6)11(17)18/h3-4,6-7H,1-2,5H2,(H,17,18)(H,13,15,16). The van der Waals surface area contributed by atoms with Gasteiger partial charge in [-0.15, -0.1) is 10.2 Å². The van der Waals surface area contributed by atoms with Crippen LogP contribution in [-0.4, -0.2) is 27.2 Å². The van der Waals surface area contributed by atoms with Crippen molar-refractivity contribution in [2.75, 3.05) is 5.32 Å². The number of rotatable bonds is 3. The number of amides is 1. The topological polar surface area (TPSA) is 92.2 Å². The van der Waals surface area contributed by atoms with Crippen molar-refractivity contribution >= 4 is 29.3 Å². The van der Waals surface area contributed by atoms with Gasteiger partial charge in [0, 0.05) is 5.92 Å². The van der Waals surface area contributed by atoms with E-state index in [0.717, 1.165) is 0 Å². The number of halogens is 1. The van der Waals surface area contributed by atoms with Crippen LogP contribution in [0, 0.1) is 11.8 Å². The number of aromatic nitrogens is 2. The van der Waals surface area contributed by atoms with Gasteiger partial charge in [-0.05, 0) is 31.4 Å². The molecule has 0 saturated heterocycles. The highest BCUT2D eigenvalue weighted by molar-refractivity contribution is 6.29. The highest BCUT2D eigenvalue weighted by atomic mass is 35.5. The van der Waals surface area contributed by atoms with Gasteiger partial charge in [0.25, 0.3) is 0 Å². The third kappa shape index (κ3) is 2.95. The predicted molar refractivity (Wildman–Crippen MR) is 64.1 cm³/mol. The fourth-order valence-corrected chi connectivity index (χ4v) is 2.16. The number of nitrogens with zero attached hydrogens (tertiary/aromatic N) is 2. The third-order valence-electron chi connectivity index (χ3n) is 3.04. The first-order valence-corrected chi connectivity index (χ1v) is 5.97. The van der Waals surface area contributed by atoms with Crippen LogP contribution in [0.4, 0.5) is 5.82 Å². The first kappa shape index (κ1) is 12.8. The van der Waals surface area contributed by atoms with Gasteiger partial charge in [-0.2, -0.15) is 0 Å². The molecule has 2 N–H and O–H groups in total. The van der Waals surface area contributed by atoms with Crippen molar-refractivity contribution in [1.29, 1.82) is 0 Å². The van der Waals surface area contributed by atoms with Gasteiger partial charge in [0.15, 0.2) is 11.0 Å². The fraction of sp³-hybridized carbons (Fsp3) is 0.455. The number of carboxylic acid groups (broad SMARTS) is 1. The molecule has 0 spiro atoms. The number of hydrogen-bond acceptors (Lipinski definition) is 4. The molecule has 1 aliphatic carbocycles. The zero-order valence-corrected chi connectivity index (χ0v) is 10.2.